The van der Waals surface area contributed by atoms with Gasteiger partial charge in [-0.1, -0.05) is 19.4 Å². The van der Waals surface area contributed by atoms with Crippen LogP contribution in [0.3, 0.4) is 0 Å². The van der Waals surface area contributed by atoms with E-state index in [1.165, 1.54) is 6.20 Å². The first-order chi connectivity index (χ1) is 12.2. The third-order valence-electron chi connectivity index (χ3n) is 3.62. The number of methoxy groups -OCH3 is 2. The molecule has 1 aromatic heterocycles. The number of carbonyl (C=O) groups is 1. The highest BCUT2D eigenvalue weighted by molar-refractivity contribution is 5.91. The number of aromatic nitrogens is 2. The summed E-state index contributed by atoms with van der Waals surface area (Å²) in [6.07, 6.45) is 5.00. The number of hydrogen-bond acceptors (Lipinski definition) is 6. The number of nitrogens with zero attached hydrogens (tertiary/aromatic N) is 2. The number of hydrogen-bond donors (Lipinski definition) is 2. The van der Waals surface area contributed by atoms with E-state index in [2.05, 4.69) is 27.5 Å². The fraction of sp³-hybridized carbons (Fsp3) is 0.389. The van der Waals surface area contributed by atoms with Crippen molar-refractivity contribution in [1.29, 1.82) is 0 Å². The van der Waals surface area contributed by atoms with Gasteiger partial charge < -0.3 is 20.1 Å². The van der Waals surface area contributed by atoms with E-state index in [0.29, 0.717) is 36.1 Å². The largest absolute Gasteiger partial charge is 0.493 e. The van der Waals surface area contributed by atoms with Gasteiger partial charge in [-0.05, 0) is 24.1 Å². The molecular weight excluding hydrogens is 320 g/mol. The standard InChI is InChI=1S/C18H24N4O3/c1-4-5-8-19-18(23)14-11-22-17(12-20-14)21-10-13-6-7-15(24-2)16(9-13)25-3/h6-7,9,11-12H,4-5,8,10H2,1-3H3,(H,19,23)(H,21,22). The molecule has 2 rings (SSSR count). The summed E-state index contributed by atoms with van der Waals surface area (Å²) in [4.78, 5) is 20.3. The van der Waals surface area contributed by atoms with Gasteiger partial charge in [0.1, 0.15) is 11.5 Å². The molecule has 0 aliphatic rings. The average molecular weight is 344 g/mol. The molecular formula is C18H24N4O3. The molecule has 0 aliphatic carbocycles. The maximum Gasteiger partial charge on any atom is 0.271 e. The minimum absolute atomic E-state index is 0.201. The molecule has 1 amide bonds. The quantitative estimate of drug-likeness (QED) is 0.680. The zero-order chi connectivity index (χ0) is 18.1. The zero-order valence-electron chi connectivity index (χ0n) is 14.8. The smallest absolute Gasteiger partial charge is 0.271 e. The summed E-state index contributed by atoms with van der Waals surface area (Å²) in [6, 6.07) is 5.69. The molecule has 0 fully saturated rings. The van der Waals surface area contributed by atoms with Crippen molar-refractivity contribution in [2.45, 2.75) is 26.3 Å². The van der Waals surface area contributed by atoms with Crippen LogP contribution in [0, 0.1) is 0 Å². The van der Waals surface area contributed by atoms with E-state index in [-0.39, 0.29) is 5.91 Å². The van der Waals surface area contributed by atoms with Gasteiger partial charge in [0.15, 0.2) is 11.5 Å². The molecule has 0 radical (unpaired) electrons. The van der Waals surface area contributed by atoms with E-state index >= 15 is 0 Å². The molecule has 0 saturated heterocycles. The summed E-state index contributed by atoms with van der Waals surface area (Å²) in [6.45, 7) is 3.28. The van der Waals surface area contributed by atoms with Crippen LogP contribution < -0.4 is 20.1 Å². The minimum atomic E-state index is -0.201. The molecule has 25 heavy (non-hydrogen) atoms. The Hall–Kier alpha value is -2.83. The molecule has 7 heteroatoms. The van der Waals surface area contributed by atoms with E-state index in [1.807, 2.05) is 18.2 Å². The predicted molar refractivity (Wildman–Crippen MR) is 96.1 cm³/mol. The molecule has 0 unspecified atom stereocenters. The van der Waals surface area contributed by atoms with Crippen LogP contribution in [-0.2, 0) is 6.54 Å². The summed E-state index contributed by atoms with van der Waals surface area (Å²) in [5.74, 6) is 1.75. The molecule has 0 bridgehead atoms. The Morgan fingerprint density at radius 2 is 1.92 bits per heavy atom. The summed E-state index contributed by atoms with van der Waals surface area (Å²) in [5.41, 5.74) is 1.33. The lowest BCUT2D eigenvalue weighted by molar-refractivity contribution is 0.0948. The molecule has 2 aromatic rings. The van der Waals surface area contributed by atoms with E-state index in [0.717, 1.165) is 18.4 Å². The lowest BCUT2D eigenvalue weighted by atomic mass is 10.2. The first-order valence-electron chi connectivity index (χ1n) is 8.23. The van der Waals surface area contributed by atoms with Gasteiger partial charge in [-0.15, -0.1) is 0 Å². The van der Waals surface area contributed by atoms with Crippen molar-refractivity contribution in [3.05, 3.63) is 41.9 Å². The van der Waals surface area contributed by atoms with E-state index < -0.39 is 0 Å². The number of benzene rings is 1. The van der Waals surface area contributed by atoms with Crippen LogP contribution in [0.4, 0.5) is 5.82 Å². The maximum absolute atomic E-state index is 11.9. The lowest BCUT2D eigenvalue weighted by Gasteiger charge is -2.10. The second-order valence-corrected chi connectivity index (χ2v) is 5.44. The third kappa shape index (κ3) is 5.34. The number of nitrogens with one attached hydrogen (secondary N) is 2. The molecule has 1 aromatic carbocycles. The van der Waals surface area contributed by atoms with Crippen LogP contribution in [0.25, 0.3) is 0 Å². The van der Waals surface area contributed by atoms with Crippen molar-refractivity contribution in [2.75, 3.05) is 26.1 Å². The van der Waals surface area contributed by atoms with E-state index in [9.17, 15) is 4.79 Å². The Bertz CT molecular complexity index is 689. The van der Waals surface area contributed by atoms with Crippen LogP contribution in [-0.4, -0.2) is 36.6 Å². The topological polar surface area (TPSA) is 85.4 Å². The molecule has 1 heterocycles. The van der Waals surface area contributed by atoms with Gasteiger partial charge in [0, 0.05) is 13.1 Å². The molecule has 0 aliphatic heterocycles. The highest BCUT2D eigenvalue weighted by atomic mass is 16.5. The molecule has 7 nitrogen and oxygen atoms in total. The summed E-state index contributed by atoms with van der Waals surface area (Å²) in [7, 11) is 3.20. The second kappa shape index (κ2) is 9.46. The number of unbranched alkanes of at least 4 members (excludes halogenated alkanes) is 1. The normalized spacial score (nSPS) is 10.2. The SMILES string of the molecule is CCCCNC(=O)c1cnc(NCc2ccc(OC)c(OC)c2)cn1. The molecule has 0 saturated carbocycles. The van der Waals surface area contributed by atoms with Crippen LogP contribution in [0.1, 0.15) is 35.8 Å². The van der Waals surface area contributed by atoms with Crippen molar-refractivity contribution >= 4 is 11.7 Å². The van der Waals surface area contributed by atoms with Gasteiger partial charge in [0.05, 0.1) is 26.6 Å². The molecule has 2 N–H and O–H groups in total. The van der Waals surface area contributed by atoms with E-state index in [1.54, 1.807) is 20.4 Å². The molecule has 0 spiro atoms. The van der Waals surface area contributed by atoms with Gasteiger partial charge >= 0.3 is 0 Å². The fourth-order valence-electron chi connectivity index (χ4n) is 2.19. The fourth-order valence-corrected chi connectivity index (χ4v) is 2.19. The van der Waals surface area contributed by atoms with Crippen molar-refractivity contribution in [3.63, 3.8) is 0 Å². The minimum Gasteiger partial charge on any atom is -0.493 e. The van der Waals surface area contributed by atoms with Crippen molar-refractivity contribution in [2.24, 2.45) is 0 Å². The molecule has 134 valence electrons. The summed E-state index contributed by atoms with van der Waals surface area (Å²) >= 11 is 0. The highest BCUT2D eigenvalue weighted by Crippen LogP contribution is 2.27. The van der Waals surface area contributed by atoms with Gasteiger partial charge in [-0.2, -0.15) is 0 Å². The maximum atomic E-state index is 11.9. The number of anilines is 1. The van der Waals surface area contributed by atoms with Crippen LogP contribution >= 0.6 is 0 Å². The number of amides is 1. The zero-order valence-corrected chi connectivity index (χ0v) is 14.8. The van der Waals surface area contributed by atoms with Crippen LogP contribution in [0.5, 0.6) is 11.5 Å². The number of carbonyl (C=O) groups excluding carboxylic acids is 1. The first kappa shape index (κ1) is 18.5. The average Bonchev–Trinajstić information content (AvgIpc) is 2.66. The summed E-state index contributed by atoms with van der Waals surface area (Å²) < 4.78 is 10.5. The van der Waals surface area contributed by atoms with Crippen molar-refractivity contribution in [1.82, 2.24) is 15.3 Å². The lowest BCUT2D eigenvalue weighted by Crippen LogP contribution is -2.25. The number of ether oxygens (including phenoxy) is 2. The summed E-state index contributed by atoms with van der Waals surface area (Å²) in [5, 5.41) is 5.98. The van der Waals surface area contributed by atoms with E-state index in [4.69, 9.17) is 9.47 Å². The van der Waals surface area contributed by atoms with Gasteiger partial charge in [-0.3, -0.25) is 4.79 Å². The van der Waals surface area contributed by atoms with Crippen molar-refractivity contribution in [3.8, 4) is 11.5 Å². The third-order valence-corrected chi connectivity index (χ3v) is 3.62. The Balaban J connectivity index is 1.92. The Labute approximate surface area is 147 Å². The van der Waals surface area contributed by atoms with Gasteiger partial charge in [0.2, 0.25) is 0 Å². The Kier molecular flexibility index (Phi) is 7.00. The molecule has 0 atom stereocenters. The highest BCUT2D eigenvalue weighted by Gasteiger charge is 2.08. The van der Waals surface area contributed by atoms with Crippen LogP contribution in [0.15, 0.2) is 30.6 Å². The number of rotatable bonds is 9. The van der Waals surface area contributed by atoms with Crippen LogP contribution in [0.2, 0.25) is 0 Å². The monoisotopic (exact) mass is 344 g/mol. The first-order valence-corrected chi connectivity index (χ1v) is 8.23. The van der Waals surface area contributed by atoms with Gasteiger partial charge in [0.25, 0.3) is 5.91 Å². The van der Waals surface area contributed by atoms with Crippen molar-refractivity contribution < 1.29 is 14.3 Å². The second-order valence-electron chi connectivity index (χ2n) is 5.44. The Morgan fingerprint density at radius 1 is 1.12 bits per heavy atom. The van der Waals surface area contributed by atoms with Gasteiger partial charge in [-0.25, -0.2) is 9.97 Å². The Morgan fingerprint density at radius 3 is 2.56 bits per heavy atom. The predicted octanol–water partition coefficient (Wildman–Crippen LogP) is 2.64.